The normalized spacial score (nSPS) is 10.3. The van der Waals surface area contributed by atoms with Crippen LogP contribution in [0.5, 0.6) is 0 Å². The quantitative estimate of drug-likeness (QED) is 0.764. The molecule has 0 saturated carbocycles. The molecule has 1 N–H and O–H groups in total. The molecule has 0 atom stereocenters. The van der Waals surface area contributed by atoms with Crippen molar-refractivity contribution in [3.05, 3.63) is 66.0 Å². The Morgan fingerprint density at radius 1 is 1.00 bits per heavy atom. The summed E-state index contributed by atoms with van der Waals surface area (Å²) in [5, 5.41) is 2.87. The molecule has 0 aliphatic heterocycles. The highest BCUT2D eigenvalue weighted by Crippen LogP contribution is 2.04. The summed E-state index contributed by atoms with van der Waals surface area (Å²) in [4.78, 5) is 29.4. The fraction of sp³-hybridized carbons (Fsp3) is 0.350. The molecule has 0 fully saturated rings. The van der Waals surface area contributed by atoms with E-state index in [1.807, 2.05) is 30.3 Å². The molecule has 0 radical (unpaired) electrons. The molecule has 2 amide bonds. The highest BCUT2D eigenvalue weighted by Gasteiger charge is 2.11. The Labute approximate surface area is 149 Å². The molecule has 0 spiro atoms. The summed E-state index contributed by atoms with van der Waals surface area (Å²) >= 11 is 0. The third-order valence-electron chi connectivity index (χ3n) is 4.03. The summed E-state index contributed by atoms with van der Waals surface area (Å²) in [6.45, 7) is 3.15. The van der Waals surface area contributed by atoms with Crippen LogP contribution in [0.25, 0.3) is 0 Å². The van der Waals surface area contributed by atoms with Gasteiger partial charge >= 0.3 is 0 Å². The zero-order valence-corrected chi connectivity index (χ0v) is 14.6. The van der Waals surface area contributed by atoms with E-state index in [0.717, 1.165) is 18.4 Å². The van der Waals surface area contributed by atoms with Crippen LogP contribution in [0.3, 0.4) is 0 Å². The molecule has 0 aliphatic carbocycles. The van der Waals surface area contributed by atoms with Gasteiger partial charge < -0.3 is 10.2 Å². The van der Waals surface area contributed by atoms with Crippen LogP contribution in [0.15, 0.2) is 54.9 Å². The van der Waals surface area contributed by atoms with Gasteiger partial charge in [-0.1, -0.05) is 30.3 Å². The molecule has 1 aromatic heterocycles. The largest absolute Gasteiger partial charge is 0.352 e. The minimum atomic E-state index is -0.0499. The third kappa shape index (κ3) is 7.16. The fourth-order valence-electron chi connectivity index (χ4n) is 2.57. The lowest BCUT2D eigenvalue weighted by molar-refractivity contribution is -0.129. The first-order valence-electron chi connectivity index (χ1n) is 8.60. The Hall–Kier alpha value is -2.69. The van der Waals surface area contributed by atoms with Gasteiger partial charge in [0.05, 0.1) is 0 Å². The Kier molecular flexibility index (Phi) is 7.63. The van der Waals surface area contributed by atoms with Crippen LogP contribution in [0, 0.1) is 0 Å². The van der Waals surface area contributed by atoms with Gasteiger partial charge in [-0.25, -0.2) is 0 Å². The van der Waals surface area contributed by atoms with Crippen LogP contribution in [0.4, 0.5) is 0 Å². The standard InChI is InChI=1S/C20H25N3O2/c1-17(24)23(14-5-8-18-6-3-2-4-7-18)15-11-20(25)22-16-19-9-12-21-13-10-19/h2-4,6-7,9-10,12-13H,5,8,11,14-16H2,1H3,(H,22,25). The van der Waals surface area contributed by atoms with Crippen molar-refractivity contribution in [3.63, 3.8) is 0 Å². The predicted octanol–water partition coefficient (Wildman–Crippen LogP) is 2.57. The summed E-state index contributed by atoms with van der Waals surface area (Å²) in [5.41, 5.74) is 2.27. The van der Waals surface area contributed by atoms with Crippen molar-refractivity contribution in [1.82, 2.24) is 15.2 Å². The van der Waals surface area contributed by atoms with Crippen molar-refractivity contribution in [2.24, 2.45) is 0 Å². The molecule has 1 aromatic carbocycles. The smallest absolute Gasteiger partial charge is 0.222 e. The maximum absolute atomic E-state index is 12.0. The predicted molar refractivity (Wildman–Crippen MR) is 97.7 cm³/mol. The van der Waals surface area contributed by atoms with Gasteiger partial charge in [0.1, 0.15) is 0 Å². The van der Waals surface area contributed by atoms with Crippen molar-refractivity contribution in [2.45, 2.75) is 32.7 Å². The molecule has 2 aromatic rings. The maximum atomic E-state index is 12.0. The zero-order valence-electron chi connectivity index (χ0n) is 14.6. The van der Waals surface area contributed by atoms with Gasteiger partial charge in [0.15, 0.2) is 0 Å². The average molecular weight is 339 g/mol. The number of aryl methyl sites for hydroxylation is 1. The lowest BCUT2D eigenvalue weighted by Gasteiger charge is -2.20. The van der Waals surface area contributed by atoms with E-state index in [0.29, 0.717) is 26.1 Å². The van der Waals surface area contributed by atoms with E-state index in [1.165, 1.54) is 5.56 Å². The van der Waals surface area contributed by atoms with E-state index in [4.69, 9.17) is 0 Å². The second-order valence-corrected chi connectivity index (χ2v) is 5.98. The van der Waals surface area contributed by atoms with Crippen LogP contribution in [0.2, 0.25) is 0 Å². The van der Waals surface area contributed by atoms with Gasteiger partial charge in [-0.05, 0) is 36.1 Å². The molecule has 132 valence electrons. The fourth-order valence-corrected chi connectivity index (χ4v) is 2.57. The van der Waals surface area contributed by atoms with Crippen LogP contribution in [-0.2, 0) is 22.6 Å². The summed E-state index contributed by atoms with van der Waals surface area (Å²) in [6.07, 6.45) is 5.54. The number of nitrogens with one attached hydrogen (secondary N) is 1. The summed E-state index contributed by atoms with van der Waals surface area (Å²) < 4.78 is 0. The van der Waals surface area contributed by atoms with Crippen molar-refractivity contribution in [3.8, 4) is 0 Å². The van der Waals surface area contributed by atoms with E-state index in [2.05, 4.69) is 22.4 Å². The molecule has 25 heavy (non-hydrogen) atoms. The number of hydrogen-bond acceptors (Lipinski definition) is 3. The molecule has 5 heteroatoms. The first kappa shape index (κ1) is 18.6. The number of hydrogen-bond donors (Lipinski definition) is 1. The Morgan fingerprint density at radius 2 is 1.72 bits per heavy atom. The lowest BCUT2D eigenvalue weighted by atomic mass is 10.1. The van der Waals surface area contributed by atoms with Crippen molar-refractivity contribution in [2.75, 3.05) is 13.1 Å². The SMILES string of the molecule is CC(=O)N(CCCc1ccccc1)CCC(=O)NCc1ccncc1. The molecule has 1 heterocycles. The Balaban J connectivity index is 1.69. The number of rotatable bonds is 9. The third-order valence-corrected chi connectivity index (χ3v) is 4.03. The molecular formula is C20H25N3O2. The van der Waals surface area contributed by atoms with E-state index in [1.54, 1.807) is 24.2 Å². The molecule has 0 bridgehead atoms. The van der Waals surface area contributed by atoms with E-state index in [-0.39, 0.29) is 11.8 Å². The number of nitrogens with zero attached hydrogens (tertiary/aromatic N) is 2. The Morgan fingerprint density at radius 3 is 2.40 bits per heavy atom. The van der Waals surface area contributed by atoms with E-state index in [9.17, 15) is 9.59 Å². The minimum Gasteiger partial charge on any atom is -0.352 e. The van der Waals surface area contributed by atoms with Crippen LogP contribution < -0.4 is 5.32 Å². The second kappa shape index (κ2) is 10.2. The van der Waals surface area contributed by atoms with E-state index >= 15 is 0 Å². The van der Waals surface area contributed by atoms with Crippen LogP contribution >= 0.6 is 0 Å². The highest BCUT2D eigenvalue weighted by molar-refractivity contribution is 5.78. The maximum Gasteiger partial charge on any atom is 0.222 e. The Bertz CT molecular complexity index is 659. The molecule has 0 aliphatic rings. The van der Waals surface area contributed by atoms with Gasteiger partial charge in [0, 0.05) is 45.4 Å². The average Bonchev–Trinajstić information content (AvgIpc) is 2.64. The first-order chi connectivity index (χ1) is 12.1. The van der Waals surface area contributed by atoms with Crippen LogP contribution in [-0.4, -0.2) is 34.8 Å². The monoisotopic (exact) mass is 339 g/mol. The second-order valence-electron chi connectivity index (χ2n) is 5.98. The number of aromatic nitrogens is 1. The van der Waals surface area contributed by atoms with Gasteiger partial charge in [-0.2, -0.15) is 0 Å². The summed E-state index contributed by atoms with van der Waals surface area (Å²) in [7, 11) is 0. The molecule has 0 saturated heterocycles. The minimum absolute atomic E-state index is 0.00926. The van der Waals surface area contributed by atoms with Crippen molar-refractivity contribution in [1.29, 1.82) is 0 Å². The van der Waals surface area contributed by atoms with Crippen molar-refractivity contribution < 1.29 is 9.59 Å². The van der Waals surface area contributed by atoms with E-state index < -0.39 is 0 Å². The molecular weight excluding hydrogens is 314 g/mol. The summed E-state index contributed by atoms with van der Waals surface area (Å²) in [6, 6.07) is 13.9. The number of amides is 2. The van der Waals surface area contributed by atoms with Gasteiger partial charge in [0.2, 0.25) is 11.8 Å². The molecule has 0 unspecified atom stereocenters. The summed E-state index contributed by atoms with van der Waals surface area (Å²) in [5.74, 6) is -0.0406. The van der Waals surface area contributed by atoms with Gasteiger partial charge in [-0.15, -0.1) is 0 Å². The molecule has 2 rings (SSSR count). The van der Waals surface area contributed by atoms with Crippen molar-refractivity contribution >= 4 is 11.8 Å². The topological polar surface area (TPSA) is 62.3 Å². The first-order valence-corrected chi connectivity index (χ1v) is 8.60. The molecule has 5 nitrogen and oxygen atoms in total. The number of carbonyl (C=O) groups is 2. The zero-order chi connectivity index (χ0) is 17.9. The number of carbonyl (C=O) groups excluding carboxylic acids is 2. The van der Waals surface area contributed by atoms with Crippen LogP contribution in [0.1, 0.15) is 30.9 Å². The van der Waals surface area contributed by atoms with Gasteiger partial charge in [0.25, 0.3) is 0 Å². The number of pyridine rings is 1. The lowest BCUT2D eigenvalue weighted by Crippen LogP contribution is -2.34. The highest BCUT2D eigenvalue weighted by atomic mass is 16.2. The number of benzene rings is 1. The van der Waals surface area contributed by atoms with Gasteiger partial charge in [-0.3, -0.25) is 14.6 Å².